The van der Waals surface area contributed by atoms with Crippen LogP contribution < -0.4 is 10.1 Å². The second-order valence-corrected chi connectivity index (χ2v) is 6.66. The van der Waals surface area contributed by atoms with Gasteiger partial charge in [-0.2, -0.15) is 0 Å². The molecular weight excluding hydrogens is 334 g/mol. The predicted molar refractivity (Wildman–Crippen MR) is 111 cm³/mol. The summed E-state index contributed by atoms with van der Waals surface area (Å²) in [4.78, 5) is 12.1. The van der Waals surface area contributed by atoms with Gasteiger partial charge in [-0.15, -0.1) is 0 Å². The van der Waals surface area contributed by atoms with E-state index in [0.29, 0.717) is 11.7 Å². The van der Waals surface area contributed by atoms with E-state index in [4.69, 9.17) is 4.74 Å². The van der Waals surface area contributed by atoms with Crippen molar-refractivity contribution in [1.82, 2.24) is 0 Å². The Labute approximate surface area is 161 Å². The summed E-state index contributed by atoms with van der Waals surface area (Å²) >= 11 is 0. The maximum absolute atomic E-state index is 12.1. The van der Waals surface area contributed by atoms with Crippen LogP contribution in [0.3, 0.4) is 0 Å². The van der Waals surface area contributed by atoms with Crippen LogP contribution in [0.25, 0.3) is 11.1 Å². The molecule has 0 bridgehead atoms. The van der Waals surface area contributed by atoms with Crippen LogP contribution in [-0.2, 0) is 4.79 Å². The third kappa shape index (κ3) is 5.20. The van der Waals surface area contributed by atoms with E-state index in [0.717, 1.165) is 23.2 Å². The molecule has 138 valence electrons. The minimum atomic E-state index is -0.168. The van der Waals surface area contributed by atoms with Crippen molar-refractivity contribution < 1.29 is 9.53 Å². The molecular formula is C24H25NO2. The molecule has 3 nitrogen and oxygen atoms in total. The lowest BCUT2D eigenvalue weighted by Gasteiger charge is -2.11. The molecule has 0 spiro atoms. The Hall–Kier alpha value is -3.07. The highest BCUT2D eigenvalue weighted by Crippen LogP contribution is 2.22. The summed E-state index contributed by atoms with van der Waals surface area (Å²) in [6.07, 6.45) is 1.10. The van der Waals surface area contributed by atoms with E-state index in [1.165, 1.54) is 5.56 Å². The van der Waals surface area contributed by atoms with Crippen LogP contribution in [-0.4, -0.2) is 12.5 Å². The molecule has 1 atom stereocenters. The fraction of sp³-hybridized carbons (Fsp3) is 0.208. The molecule has 0 heterocycles. The number of rotatable bonds is 7. The average molecular weight is 359 g/mol. The molecule has 3 rings (SSSR count). The number of hydrogen-bond donors (Lipinski definition) is 1. The third-order valence-corrected chi connectivity index (χ3v) is 4.71. The topological polar surface area (TPSA) is 38.3 Å². The number of anilines is 1. The van der Waals surface area contributed by atoms with Crippen molar-refractivity contribution in [2.24, 2.45) is 0 Å². The standard InChI is InChI=1S/C24H25NO2/c1-3-18(2)19-9-13-22(14-10-19)25-24(26)17-27-23-15-11-21(12-16-23)20-7-5-4-6-8-20/h4-16,18H,3,17H2,1-2H3,(H,25,26)/t18-/m1/s1. The molecule has 0 aliphatic carbocycles. The van der Waals surface area contributed by atoms with Gasteiger partial charge >= 0.3 is 0 Å². The molecule has 1 amide bonds. The number of ether oxygens (including phenoxy) is 1. The Morgan fingerprint density at radius 2 is 1.52 bits per heavy atom. The number of benzene rings is 3. The Balaban J connectivity index is 1.52. The summed E-state index contributed by atoms with van der Waals surface area (Å²) in [7, 11) is 0. The van der Waals surface area contributed by atoms with E-state index >= 15 is 0 Å². The lowest BCUT2D eigenvalue weighted by atomic mass is 9.99. The van der Waals surface area contributed by atoms with Crippen molar-refractivity contribution >= 4 is 11.6 Å². The molecule has 3 aromatic rings. The van der Waals surface area contributed by atoms with Gasteiger partial charge in [-0.25, -0.2) is 0 Å². The van der Waals surface area contributed by atoms with Crippen LogP contribution in [0.15, 0.2) is 78.9 Å². The van der Waals surface area contributed by atoms with Crippen LogP contribution >= 0.6 is 0 Å². The van der Waals surface area contributed by atoms with Gasteiger partial charge in [-0.1, -0.05) is 68.4 Å². The van der Waals surface area contributed by atoms with Gasteiger partial charge in [0.15, 0.2) is 6.61 Å². The first-order chi connectivity index (χ1) is 13.2. The van der Waals surface area contributed by atoms with E-state index < -0.39 is 0 Å². The largest absolute Gasteiger partial charge is 0.484 e. The van der Waals surface area contributed by atoms with Gasteiger partial charge < -0.3 is 10.1 Å². The first-order valence-corrected chi connectivity index (χ1v) is 9.34. The van der Waals surface area contributed by atoms with Crippen LogP contribution in [0.2, 0.25) is 0 Å². The van der Waals surface area contributed by atoms with E-state index in [1.807, 2.05) is 54.6 Å². The smallest absolute Gasteiger partial charge is 0.262 e. The maximum atomic E-state index is 12.1. The molecule has 1 N–H and O–H groups in total. The van der Waals surface area contributed by atoms with Crippen molar-refractivity contribution in [3.05, 3.63) is 84.4 Å². The molecule has 0 aliphatic heterocycles. The summed E-state index contributed by atoms with van der Waals surface area (Å²) in [5.41, 5.74) is 4.34. The van der Waals surface area contributed by atoms with E-state index in [-0.39, 0.29) is 12.5 Å². The predicted octanol–water partition coefficient (Wildman–Crippen LogP) is 5.88. The van der Waals surface area contributed by atoms with Crippen molar-refractivity contribution in [2.45, 2.75) is 26.2 Å². The molecule has 0 saturated carbocycles. The lowest BCUT2D eigenvalue weighted by Crippen LogP contribution is -2.20. The molecule has 27 heavy (non-hydrogen) atoms. The van der Waals surface area contributed by atoms with E-state index in [9.17, 15) is 4.79 Å². The SMILES string of the molecule is CC[C@@H](C)c1ccc(NC(=O)COc2ccc(-c3ccccc3)cc2)cc1. The Kier molecular flexibility index (Phi) is 6.26. The van der Waals surface area contributed by atoms with Gasteiger partial charge in [0, 0.05) is 5.69 Å². The fourth-order valence-corrected chi connectivity index (χ4v) is 2.85. The summed E-state index contributed by atoms with van der Waals surface area (Å²) in [6.45, 7) is 4.35. The molecule has 0 saturated heterocycles. The highest BCUT2D eigenvalue weighted by Gasteiger charge is 2.06. The monoisotopic (exact) mass is 359 g/mol. The number of hydrogen-bond acceptors (Lipinski definition) is 2. The van der Waals surface area contributed by atoms with Gasteiger partial charge in [-0.05, 0) is 53.3 Å². The van der Waals surface area contributed by atoms with Gasteiger partial charge in [0.05, 0.1) is 0 Å². The summed E-state index contributed by atoms with van der Waals surface area (Å²) in [5, 5.41) is 2.87. The zero-order valence-corrected chi connectivity index (χ0v) is 15.8. The first-order valence-electron chi connectivity index (χ1n) is 9.34. The molecule has 0 radical (unpaired) electrons. The lowest BCUT2D eigenvalue weighted by molar-refractivity contribution is -0.118. The number of carbonyl (C=O) groups is 1. The van der Waals surface area contributed by atoms with Crippen LogP contribution in [0, 0.1) is 0 Å². The normalized spacial score (nSPS) is 11.6. The Morgan fingerprint density at radius 1 is 0.889 bits per heavy atom. The van der Waals surface area contributed by atoms with Crippen LogP contribution in [0.1, 0.15) is 31.7 Å². The van der Waals surface area contributed by atoms with E-state index in [1.54, 1.807) is 0 Å². The molecule has 0 unspecified atom stereocenters. The molecule has 0 fully saturated rings. The molecule has 3 aromatic carbocycles. The summed E-state index contributed by atoms with van der Waals surface area (Å²) in [6, 6.07) is 25.9. The Morgan fingerprint density at radius 3 is 2.15 bits per heavy atom. The van der Waals surface area contributed by atoms with Gasteiger partial charge in [0.1, 0.15) is 5.75 Å². The summed E-state index contributed by atoms with van der Waals surface area (Å²) in [5.74, 6) is 1.03. The number of carbonyl (C=O) groups excluding carboxylic acids is 1. The second-order valence-electron chi connectivity index (χ2n) is 6.66. The van der Waals surface area contributed by atoms with Gasteiger partial charge in [0.25, 0.3) is 5.91 Å². The molecule has 3 heteroatoms. The molecule has 0 aromatic heterocycles. The zero-order chi connectivity index (χ0) is 19.1. The van der Waals surface area contributed by atoms with Gasteiger partial charge in [0.2, 0.25) is 0 Å². The summed E-state index contributed by atoms with van der Waals surface area (Å²) < 4.78 is 5.60. The minimum Gasteiger partial charge on any atom is -0.484 e. The number of nitrogens with one attached hydrogen (secondary N) is 1. The van der Waals surface area contributed by atoms with Crippen molar-refractivity contribution in [2.75, 3.05) is 11.9 Å². The van der Waals surface area contributed by atoms with Crippen molar-refractivity contribution in [1.29, 1.82) is 0 Å². The maximum Gasteiger partial charge on any atom is 0.262 e. The van der Waals surface area contributed by atoms with Gasteiger partial charge in [-0.3, -0.25) is 4.79 Å². The zero-order valence-electron chi connectivity index (χ0n) is 15.8. The van der Waals surface area contributed by atoms with Crippen molar-refractivity contribution in [3.63, 3.8) is 0 Å². The number of amides is 1. The second kappa shape index (κ2) is 9.04. The average Bonchev–Trinajstić information content (AvgIpc) is 2.73. The van der Waals surface area contributed by atoms with Crippen LogP contribution in [0.4, 0.5) is 5.69 Å². The fourth-order valence-electron chi connectivity index (χ4n) is 2.85. The Bertz CT molecular complexity index is 855. The third-order valence-electron chi connectivity index (χ3n) is 4.71. The highest BCUT2D eigenvalue weighted by atomic mass is 16.5. The molecule has 0 aliphatic rings. The van der Waals surface area contributed by atoms with Crippen LogP contribution in [0.5, 0.6) is 5.75 Å². The first kappa shape index (κ1) is 18.7. The quantitative estimate of drug-likeness (QED) is 0.572. The van der Waals surface area contributed by atoms with Crippen molar-refractivity contribution in [3.8, 4) is 16.9 Å². The minimum absolute atomic E-state index is 0.0161. The van der Waals surface area contributed by atoms with E-state index in [2.05, 4.69) is 43.4 Å². The highest BCUT2D eigenvalue weighted by molar-refractivity contribution is 5.91.